The molecular formula is C14H14O4. The van der Waals surface area contributed by atoms with Crippen LogP contribution in [0.2, 0.25) is 0 Å². The number of carbonyl (C=O) groups is 2. The van der Waals surface area contributed by atoms with E-state index in [0.29, 0.717) is 0 Å². The first-order chi connectivity index (χ1) is 8.60. The molecule has 0 saturated carbocycles. The standard InChI is InChI=1S/C14H14O4/c1-2-11(10-6-4-3-5-7-10)14(13(16)17)9-8-12(15)18-14/h2-7,11H,1,8-9H2,(H,16,17)/t11?,14-/m0/s1. The molecule has 18 heavy (non-hydrogen) atoms. The van der Waals surface area contributed by atoms with Gasteiger partial charge in [0.2, 0.25) is 5.60 Å². The monoisotopic (exact) mass is 246 g/mol. The zero-order chi connectivity index (χ0) is 13.2. The van der Waals surface area contributed by atoms with Gasteiger partial charge in [0.1, 0.15) is 0 Å². The molecule has 4 heteroatoms. The van der Waals surface area contributed by atoms with E-state index in [9.17, 15) is 14.7 Å². The molecule has 0 bridgehead atoms. The van der Waals surface area contributed by atoms with Crippen molar-refractivity contribution in [2.75, 3.05) is 0 Å². The van der Waals surface area contributed by atoms with Gasteiger partial charge in [0.25, 0.3) is 0 Å². The van der Waals surface area contributed by atoms with Crippen molar-refractivity contribution < 1.29 is 19.4 Å². The first-order valence-corrected chi connectivity index (χ1v) is 5.73. The van der Waals surface area contributed by atoms with E-state index >= 15 is 0 Å². The average Bonchev–Trinajstić information content (AvgIpc) is 2.75. The molecule has 4 nitrogen and oxygen atoms in total. The normalized spacial score (nSPS) is 24.3. The molecule has 1 fully saturated rings. The van der Waals surface area contributed by atoms with Gasteiger partial charge in [0.05, 0.1) is 5.92 Å². The fourth-order valence-electron chi connectivity index (χ4n) is 2.35. The Labute approximate surface area is 105 Å². The Kier molecular flexibility index (Phi) is 3.19. The minimum Gasteiger partial charge on any atom is -0.478 e. The van der Waals surface area contributed by atoms with E-state index in [0.717, 1.165) is 5.56 Å². The summed E-state index contributed by atoms with van der Waals surface area (Å²) in [7, 11) is 0. The largest absolute Gasteiger partial charge is 0.478 e. The molecule has 2 atom stereocenters. The van der Waals surface area contributed by atoms with Crippen LogP contribution in [0.5, 0.6) is 0 Å². The third kappa shape index (κ3) is 1.90. The van der Waals surface area contributed by atoms with Gasteiger partial charge in [0, 0.05) is 12.8 Å². The lowest BCUT2D eigenvalue weighted by Crippen LogP contribution is -2.43. The van der Waals surface area contributed by atoms with Crippen LogP contribution in [0.1, 0.15) is 24.3 Å². The Morgan fingerprint density at radius 2 is 2.11 bits per heavy atom. The number of rotatable bonds is 4. The molecule has 1 aliphatic rings. The van der Waals surface area contributed by atoms with Crippen molar-refractivity contribution in [1.29, 1.82) is 0 Å². The molecule has 0 spiro atoms. The van der Waals surface area contributed by atoms with Crippen LogP contribution in [0.25, 0.3) is 0 Å². The van der Waals surface area contributed by atoms with Crippen LogP contribution >= 0.6 is 0 Å². The average molecular weight is 246 g/mol. The SMILES string of the molecule is C=CC(c1ccccc1)[C@]1(C(=O)O)CCC(=O)O1. The first kappa shape index (κ1) is 12.4. The molecule has 1 saturated heterocycles. The molecule has 0 radical (unpaired) electrons. The van der Waals surface area contributed by atoms with Crippen molar-refractivity contribution >= 4 is 11.9 Å². The molecule has 1 heterocycles. The van der Waals surface area contributed by atoms with E-state index in [1.165, 1.54) is 6.08 Å². The van der Waals surface area contributed by atoms with Crippen LogP contribution in [0.3, 0.4) is 0 Å². The number of cyclic esters (lactones) is 1. The summed E-state index contributed by atoms with van der Waals surface area (Å²) in [5.74, 6) is -2.13. The summed E-state index contributed by atoms with van der Waals surface area (Å²) < 4.78 is 5.11. The number of esters is 1. The second-order valence-electron chi connectivity index (χ2n) is 4.29. The van der Waals surface area contributed by atoms with Crippen LogP contribution in [0, 0.1) is 0 Å². The minimum atomic E-state index is -1.51. The van der Waals surface area contributed by atoms with Crippen molar-refractivity contribution in [3.05, 3.63) is 48.6 Å². The predicted molar refractivity (Wildman–Crippen MR) is 65.1 cm³/mol. The van der Waals surface area contributed by atoms with Crippen molar-refractivity contribution in [3.63, 3.8) is 0 Å². The molecule has 1 N–H and O–H groups in total. The number of carboxylic acid groups (broad SMARTS) is 1. The lowest BCUT2D eigenvalue weighted by Gasteiger charge is -2.30. The molecule has 1 aromatic rings. The van der Waals surface area contributed by atoms with Crippen LogP contribution in [-0.4, -0.2) is 22.6 Å². The first-order valence-electron chi connectivity index (χ1n) is 5.73. The van der Waals surface area contributed by atoms with Crippen molar-refractivity contribution in [1.82, 2.24) is 0 Å². The molecule has 94 valence electrons. The third-order valence-electron chi connectivity index (χ3n) is 3.26. The number of carboxylic acids is 1. The van der Waals surface area contributed by atoms with E-state index in [-0.39, 0.29) is 12.8 Å². The molecule has 0 aliphatic carbocycles. The Morgan fingerprint density at radius 1 is 1.44 bits per heavy atom. The maximum absolute atomic E-state index is 11.5. The molecular weight excluding hydrogens is 232 g/mol. The summed E-state index contributed by atoms with van der Waals surface area (Å²) in [6, 6.07) is 9.10. The summed E-state index contributed by atoms with van der Waals surface area (Å²) in [6.45, 7) is 3.68. The van der Waals surface area contributed by atoms with Gasteiger partial charge in [-0.15, -0.1) is 6.58 Å². The number of benzene rings is 1. The van der Waals surface area contributed by atoms with Gasteiger partial charge in [-0.2, -0.15) is 0 Å². The van der Waals surface area contributed by atoms with Crippen molar-refractivity contribution in [3.8, 4) is 0 Å². The maximum atomic E-state index is 11.5. The van der Waals surface area contributed by atoms with Crippen LogP contribution < -0.4 is 0 Å². The number of aliphatic carboxylic acids is 1. The van der Waals surface area contributed by atoms with Crippen LogP contribution in [-0.2, 0) is 14.3 Å². The van der Waals surface area contributed by atoms with Crippen molar-refractivity contribution in [2.24, 2.45) is 0 Å². The van der Waals surface area contributed by atoms with E-state index in [2.05, 4.69) is 6.58 Å². The quantitative estimate of drug-likeness (QED) is 0.653. The number of hydrogen-bond acceptors (Lipinski definition) is 3. The maximum Gasteiger partial charge on any atom is 0.349 e. The van der Waals surface area contributed by atoms with Gasteiger partial charge in [0.15, 0.2) is 0 Å². The fraction of sp³-hybridized carbons (Fsp3) is 0.286. The van der Waals surface area contributed by atoms with Crippen LogP contribution in [0.4, 0.5) is 0 Å². The predicted octanol–water partition coefficient (Wildman–Crippen LogP) is 2.12. The van der Waals surface area contributed by atoms with Gasteiger partial charge in [-0.25, -0.2) is 4.79 Å². The topological polar surface area (TPSA) is 63.6 Å². The van der Waals surface area contributed by atoms with Crippen molar-refractivity contribution in [2.45, 2.75) is 24.4 Å². The number of hydrogen-bond donors (Lipinski definition) is 1. The van der Waals surface area contributed by atoms with Gasteiger partial charge in [-0.05, 0) is 5.56 Å². The van der Waals surface area contributed by atoms with Gasteiger partial charge in [-0.3, -0.25) is 4.79 Å². The summed E-state index contributed by atoms with van der Waals surface area (Å²) in [6.07, 6.45) is 1.83. The molecule has 1 aromatic carbocycles. The summed E-state index contributed by atoms with van der Waals surface area (Å²) in [4.78, 5) is 22.8. The smallest absolute Gasteiger partial charge is 0.349 e. The van der Waals surface area contributed by atoms with E-state index in [1.807, 2.05) is 30.3 Å². The van der Waals surface area contributed by atoms with E-state index < -0.39 is 23.5 Å². The summed E-state index contributed by atoms with van der Waals surface area (Å²) >= 11 is 0. The zero-order valence-electron chi connectivity index (χ0n) is 9.83. The third-order valence-corrected chi connectivity index (χ3v) is 3.26. The highest BCUT2D eigenvalue weighted by Gasteiger charge is 2.53. The Bertz CT molecular complexity index is 480. The molecule has 2 rings (SSSR count). The van der Waals surface area contributed by atoms with Gasteiger partial charge >= 0.3 is 11.9 Å². The van der Waals surface area contributed by atoms with Gasteiger partial charge < -0.3 is 9.84 Å². The lowest BCUT2D eigenvalue weighted by molar-refractivity contribution is -0.170. The Morgan fingerprint density at radius 3 is 2.56 bits per heavy atom. The Hall–Kier alpha value is -2.10. The van der Waals surface area contributed by atoms with E-state index in [1.54, 1.807) is 0 Å². The molecule has 0 aromatic heterocycles. The second-order valence-corrected chi connectivity index (χ2v) is 4.29. The highest BCUT2D eigenvalue weighted by Crippen LogP contribution is 2.40. The van der Waals surface area contributed by atoms with Gasteiger partial charge in [-0.1, -0.05) is 36.4 Å². The minimum absolute atomic E-state index is 0.128. The fourth-order valence-corrected chi connectivity index (χ4v) is 2.35. The highest BCUT2D eigenvalue weighted by atomic mass is 16.6. The molecule has 0 amide bonds. The summed E-state index contributed by atoms with van der Waals surface area (Å²) in [5, 5.41) is 9.42. The number of ether oxygens (including phenoxy) is 1. The molecule has 1 unspecified atom stereocenters. The number of carbonyl (C=O) groups excluding carboxylic acids is 1. The van der Waals surface area contributed by atoms with Crippen LogP contribution in [0.15, 0.2) is 43.0 Å². The molecule has 1 aliphatic heterocycles. The zero-order valence-corrected chi connectivity index (χ0v) is 9.83. The van der Waals surface area contributed by atoms with E-state index in [4.69, 9.17) is 4.74 Å². The lowest BCUT2D eigenvalue weighted by atomic mass is 9.80. The summed E-state index contributed by atoms with van der Waals surface area (Å²) in [5.41, 5.74) is -0.732. The second kappa shape index (κ2) is 4.64. The highest BCUT2D eigenvalue weighted by molar-refractivity contribution is 5.87. The Balaban J connectivity index is 2.44.